The fourth-order valence-corrected chi connectivity index (χ4v) is 4.04. The summed E-state index contributed by atoms with van der Waals surface area (Å²) in [5.74, 6) is 0.344. The van der Waals surface area contributed by atoms with E-state index < -0.39 is 0 Å². The number of amides is 1. The van der Waals surface area contributed by atoms with Gasteiger partial charge in [-0.15, -0.1) is 10.2 Å². The Balaban J connectivity index is 1.72. The first kappa shape index (κ1) is 19.2. The Morgan fingerprint density at radius 1 is 1.00 bits per heavy atom. The molecule has 1 amide bonds. The van der Waals surface area contributed by atoms with E-state index in [-0.39, 0.29) is 11.8 Å². The molecule has 0 unspecified atom stereocenters. The van der Waals surface area contributed by atoms with Crippen LogP contribution in [0.1, 0.15) is 61.1 Å². The molecule has 0 saturated heterocycles. The van der Waals surface area contributed by atoms with Crippen molar-refractivity contribution in [3.8, 4) is 0 Å². The zero-order chi connectivity index (χ0) is 19.1. The Bertz CT molecular complexity index is 809. The van der Waals surface area contributed by atoms with Gasteiger partial charge < -0.3 is 5.32 Å². The second-order valence-corrected chi connectivity index (χ2v) is 7.77. The number of nitrogens with zero attached hydrogens (tertiary/aromatic N) is 2. The van der Waals surface area contributed by atoms with E-state index in [0.29, 0.717) is 17.5 Å². The van der Waals surface area contributed by atoms with Gasteiger partial charge in [0.25, 0.3) is 0 Å². The SMILES string of the molecule is CCC[C@H](C)c1nnc(NC(=O)CC(c2ccccc2)c2ccccc2)s1. The minimum absolute atomic E-state index is 0.0128. The largest absolute Gasteiger partial charge is 0.300 e. The molecule has 140 valence electrons. The molecule has 0 radical (unpaired) electrons. The Labute approximate surface area is 164 Å². The third-order valence-corrected chi connectivity index (χ3v) is 5.69. The third kappa shape index (κ3) is 5.23. The molecule has 3 rings (SSSR count). The van der Waals surface area contributed by atoms with Crippen molar-refractivity contribution in [3.05, 3.63) is 76.8 Å². The molecule has 0 spiro atoms. The average Bonchev–Trinajstić information content (AvgIpc) is 3.16. The zero-order valence-electron chi connectivity index (χ0n) is 15.8. The molecule has 2 aromatic carbocycles. The van der Waals surface area contributed by atoms with Crippen LogP contribution in [0.4, 0.5) is 5.13 Å². The predicted molar refractivity (Wildman–Crippen MR) is 111 cm³/mol. The van der Waals surface area contributed by atoms with Gasteiger partial charge in [0.2, 0.25) is 11.0 Å². The lowest BCUT2D eigenvalue weighted by Crippen LogP contribution is -2.16. The van der Waals surface area contributed by atoms with Gasteiger partial charge in [-0.05, 0) is 17.5 Å². The van der Waals surface area contributed by atoms with Crippen LogP contribution in [-0.4, -0.2) is 16.1 Å². The normalized spacial score (nSPS) is 12.1. The van der Waals surface area contributed by atoms with Crippen LogP contribution >= 0.6 is 11.3 Å². The molecule has 0 bridgehead atoms. The fourth-order valence-electron chi connectivity index (χ4n) is 3.20. The minimum atomic E-state index is -0.0430. The number of hydrogen-bond donors (Lipinski definition) is 1. The second kappa shape index (κ2) is 9.42. The summed E-state index contributed by atoms with van der Waals surface area (Å²) < 4.78 is 0. The van der Waals surface area contributed by atoms with Crippen LogP contribution in [-0.2, 0) is 4.79 Å². The number of nitrogens with one attached hydrogen (secondary N) is 1. The fraction of sp³-hybridized carbons (Fsp3) is 0.318. The summed E-state index contributed by atoms with van der Waals surface area (Å²) in [6.45, 7) is 4.31. The van der Waals surface area contributed by atoms with E-state index in [1.54, 1.807) is 0 Å². The number of anilines is 1. The molecule has 0 aliphatic heterocycles. The molecular weight excluding hydrogens is 354 g/mol. The summed E-state index contributed by atoms with van der Waals surface area (Å²) in [5, 5.41) is 12.9. The Morgan fingerprint density at radius 3 is 2.15 bits per heavy atom. The van der Waals surface area contributed by atoms with Gasteiger partial charge in [-0.3, -0.25) is 4.79 Å². The van der Waals surface area contributed by atoms with E-state index in [1.807, 2.05) is 36.4 Å². The van der Waals surface area contributed by atoms with Crippen LogP contribution < -0.4 is 5.32 Å². The summed E-state index contributed by atoms with van der Waals surface area (Å²) in [4.78, 5) is 12.7. The van der Waals surface area contributed by atoms with Crippen molar-refractivity contribution >= 4 is 22.4 Å². The van der Waals surface area contributed by atoms with E-state index >= 15 is 0 Å². The summed E-state index contributed by atoms with van der Waals surface area (Å²) in [6, 6.07) is 20.3. The van der Waals surface area contributed by atoms with E-state index in [9.17, 15) is 4.79 Å². The molecule has 1 N–H and O–H groups in total. The maximum Gasteiger partial charge on any atom is 0.227 e. The number of carbonyl (C=O) groups excluding carboxylic acids is 1. The zero-order valence-corrected chi connectivity index (χ0v) is 16.6. The molecule has 0 aliphatic rings. The predicted octanol–water partition coefficient (Wildman–Crippen LogP) is 5.60. The van der Waals surface area contributed by atoms with Crippen molar-refractivity contribution in [3.63, 3.8) is 0 Å². The standard InChI is InChI=1S/C22H25N3OS/c1-3-10-16(2)21-24-25-22(27-21)23-20(26)15-19(17-11-6-4-7-12-17)18-13-8-5-9-14-18/h4-9,11-14,16,19H,3,10,15H2,1-2H3,(H,23,25,26)/t16-/m0/s1. The van der Waals surface area contributed by atoms with Crippen molar-refractivity contribution in [2.24, 2.45) is 0 Å². The molecule has 1 heterocycles. The van der Waals surface area contributed by atoms with Gasteiger partial charge >= 0.3 is 0 Å². The van der Waals surface area contributed by atoms with Crippen LogP contribution in [0.5, 0.6) is 0 Å². The Kier molecular flexibility index (Phi) is 6.71. The number of aromatic nitrogens is 2. The molecule has 5 heteroatoms. The molecule has 0 fully saturated rings. The highest BCUT2D eigenvalue weighted by Crippen LogP contribution is 2.30. The summed E-state index contributed by atoms with van der Waals surface area (Å²) in [5.41, 5.74) is 2.27. The Morgan fingerprint density at radius 2 is 1.59 bits per heavy atom. The van der Waals surface area contributed by atoms with Gasteiger partial charge in [-0.1, -0.05) is 92.3 Å². The number of hydrogen-bond acceptors (Lipinski definition) is 4. The van der Waals surface area contributed by atoms with Gasteiger partial charge in [0.05, 0.1) is 0 Å². The maximum absolute atomic E-state index is 12.7. The van der Waals surface area contributed by atoms with Crippen molar-refractivity contribution in [1.82, 2.24) is 10.2 Å². The van der Waals surface area contributed by atoms with Gasteiger partial charge in [0.1, 0.15) is 5.01 Å². The van der Waals surface area contributed by atoms with Gasteiger partial charge in [0.15, 0.2) is 0 Å². The van der Waals surface area contributed by atoms with E-state index in [1.165, 1.54) is 11.3 Å². The number of carbonyl (C=O) groups is 1. The third-order valence-electron chi connectivity index (χ3n) is 4.62. The smallest absolute Gasteiger partial charge is 0.227 e. The van der Waals surface area contributed by atoms with Crippen LogP contribution in [0.25, 0.3) is 0 Å². The highest BCUT2D eigenvalue weighted by atomic mass is 32.1. The van der Waals surface area contributed by atoms with E-state index in [0.717, 1.165) is 29.0 Å². The molecule has 0 aliphatic carbocycles. The van der Waals surface area contributed by atoms with Crippen molar-refractivity contribution in [1.29, 1.82) is 0 Å². The second-order valence-electron chi connectivity index (χ2n) is 6.76. The summed E-state index contributed by atoms with van der Waals surface area (Å²) >= 11 is 1.47. The molecule has 27 heavy (non-hydrogen) atoms. The lowest BCUT2D eigenvalue weighted by atomic mass is 9.88. The lowest BCUT2D eigenvalue weighted by Gasteiger charge is -2.17. The summed E-state index contributed by atoms with van der Waals surface area (Å²) in [6.07, 6.45) is 2.55. The van der Waals surface area contributed by atoms with Gasteiger partial charge in [0, 0.05) is 18.3 Å². The van der Waals surface area contributed by atoms with Crippen LogP contribution in [0.3, 0.4) is 0 Å². The highest BCUT2D eigenvalue weighted by Gasteiger charge is 2.19. The number of rotatable bonds is 8. The Hall–Kier alpha value is -2.53. The van der Waals surface area contributed by atoms with Crippen molar-refractivity contribution in [2.45, 2.75) is 44.9 Å². The number of benzene rings is 2. The van der Waals surface area contributed by atoms with E-state index in [2.05, 4.69) is 53.6 Å². The molecule has 0 saturated carbocycles. The molecular formula is C22H25N3OS. The topological polar surface area (TPSA) is 54.9 Å². The first-order valence-electron chi connectivity index (χ1n) is 9.40. The molecule has 3 aromatic rings. The molecule has 1 aromatic heterocycles. The van der Waals surface area contributed by atoms with E-state index in [4.69, 9.17) is 0 Å². The average molecular weight is 380 g/mol. The van der Waals surface area contributed by atoms with Gasteiger partial charge in [-0.2, -0.15) is 0 Å². The summed E-state index contributed by atoms with van der Waals surface area (Å²) in [7, 11) is 0. The van der Waals surface area contributed by atoms with Crippen molar-refractivity contribution < 1.29 is 4.79 Å². The highest BCUT2D eigenvalue weighted by molar-refractivity contribution is 7.15. The quantitative estimate of drug-likeness (QED) is 0.554. The molecule has 1 atom stereocenters. The van der Waals surface area contributed by atoms with Crippen LogP contribution in [0.2, 0.25) is 0 Å². The van der Waals surface area contributed by atoms with Crippen molar-refractivity contribution in [2.75, 3.05) is 5.32 Å². The first-order chi connectivity index (χ1) is 13.2. The monoisotopic (exact) mass is 379 g/mol. The lowest BCUT2D eigenvalue weighted by molar-refractivity contribution is -0.116. The molecule has 4 nitrogen and oxygen atoms in total. The minimum Gasteiger partial charge on any atom is -0.300 e. The van der Waals surface area contributed by atoms with Crippen LogP contribution in [0, 0.1) is 0 Å². The van der Waals surface area contributed by atoms with Gasteiger partial charge in [-0.25, -0.2) is 0 Å². The first-order valence-corrected chi connectivity index (χ1v) is 10.2. The van der Waals surface area contributed by atoms with Crippen LogP contribution in [0.15, 0.2) is 60.7 Å². The maximum atomic E-state index is 12.7.